The van der Waals surface area contributed by atoms with Gasteiger partial charge in [0.05, 0.1) is 12.8 Å². The van der Waals surface area contributed by atoms with Crippen LogP contribution in [0.2, 0.25) is 0 Å². The van der Waals surface area contributed by atoms with Crippen LogP contribution in [0.25, 0.3) is 0 Å². The molecule has 0 heterocycles. The number of hydrogen-bond donors (Lipinski definition) is 2. The van der Waals surface area contributed by atoms with Gasteiger partial charge in [0.25, 0.3) is 0 Å². The van der Waals surface area contributed by atoms with E-state index in [1.54, 1.807) is 14.2 Å². The largest absolute Gasteiger partial charge is 0.445 e. The van der Waals surface area contributed by atoms with Crippen LogP contribution in [0.4, 0.5) is 4.79 Å². The molecule has 0 aliphatic rings. The first-order valence-electron chi connectivity index (χ1n) is 6.39. The maximum atomic E-state index is 11.7. The number of amides is 1. The van der Waals surface area contributed by atoms with E-state index < -0.39 is 6.09 Å². The first kappa shape index (κ1) is 16.4. The summed E-state index contributed by atoms with van der Waals surface area (Å²) >= 11 is 0. The molecule has 0 saturated heterocycles. The lowest BCUT2D eigenvalue weighted by Gasteiger charge is -2.24. The number of alkyl carbamates (subject to hydrolysis) is 1. The Morgan fingerprint density at radius 3 is 2.55 bits per heavy atom. The Morgan fingerprint density at radius 2 is 1.95 bits per heavy atom. The van der Waals surface area contributed by atoms with Crippen molar-refractivity contribution in [3.8, 4) is 0 Å². The fourth-order valence-corrected chi connectivity index (χ4v) is 1.66. The minimum absolute atomic E-state index is 0.239. The summed E-state index contributed by atoms with van der Waals surface area (Å²) in [6.07, 6.45) is -0.832. The third-order valence-corrected chi connectivity index (χ3v) is 2.70. The van der Waals surface area contributed by atoms with Crippen molar-refractivity contribution < 1.29 is 19.0 Å². The number of carbonyl (C=O) groups is 1. The van der Waals surface area contributed by atoms with Crippen LogP contribution in [-0.4, -0.2) is 39.3 Å². The average molecular weight is 282 g/mol. The second-order valence-corrected chi connectivity index (χ2v) is 4.29. The molecule has 2 N–H and O–H groups in total. The first-order chi connectivity index (χ1) is 9.67. The topological polar surface area (TPSA) is 68.8 Å². The van der Waals surface area contributed by atoms with Crippen LogP contribution in [0.1, 0.15) is 12.5 Å². The monoisotopic (exact) mass is 282 g/mol. The van der Waals surface area contributed by atoms with Crippen LogP contribution in [0.15, 0.2) is 30.3 Å². The summed E-state index contributed by atoms with van der Waals surface area (Å²) in [5, 5.41) is 5.69. The van der Waals surface area contributed by atoms with Crippen molar-refractivity contribution in [2.45, 2.75) is 25.8 Å². The number of methoxy groups -OCH3 is 2. The summed E-state index contributed by atoms with van der Waals surface area (Å²) in [5.41, 5.74) is 0.941. The molecule has 0 radical (unpaired) electrons. The molecule has 0 fully saturated rings. The molecule has 0 aliphatic carbocycles. The van der Waals surface area contributed by atoms with E-state index in [1.807, 2.05) is 37.3 Å². The van der Waals surface area contributed by atoms with Gasteiger partial charge in [-0.05, 0) is 12.5 Å². The molecule has 6 nitrogen and oxygen atoms in total. The lowest BCUT2D eigenvalue weighted by molar-refractivity contribution is 0.0155. The van der Waals surface area contributed by atoms with Gasteiger partial charge >= 0.3 is 6.09 Å². The molecule has 1 amide bonds. The number of hydrogen-bond acceptors (Lipinski definition) is 5. The van der Waals surface area contributed by atoms with Crippen LogP contribution >= 0.6 is 0 Å². The molecular formula is C14H22N2O4. The smallest absolute Gasteiger partial charge is 0.407 e. The van der Waals surface area contributed by atoms with E-state index in [-0.39, 0.29) is 18.9 Å². The number of benzene rings is 1. The number of rotatable bonds is 8. The van der Waals surface area contributed by atoms with E-state index in [1.165, 1.54) is 0 Å². The third kappa shape index (κ3) is 6.01. The molecule has 112 valence electrons. The predicted molar refractivity (Wildman–Crippen MR) is 75.0 cm³/mol. The third-order valence-electron chi connectivity index (χ3n) is 2.70. The molecule has 1 aromatic rings. The fourth-order valence-electron chi connectivity index (χ4n) is 1.66. The highest BCUT2D eigenvalue weighted by molar-refractivity contribution is 5.67. The fraction of sp³-hybridized carbons (Fsp3) is 0.500. The van der Waals surface area contributed by atoms with E-state index >= 15 is 0 Å². The zero-order valence-corrected chi connectivity index (χ0v) is 12.1. The zero-order valence-electron chi connectivity index (χ0n) is 12.1. The maximum absolute atomic E-state index is 11.7. The lowest BCUT2D eigenvalue weighted by Crippen LogP contribution is -2.49. The molecule has 0 aromatic heterocycles. The maximum Gasteiger partial charge on any atom is 0.407 e. The quantitative estimate of drug-likeness (QED) is 0.707. The second-order valence-electron chi connectivity index (χ2n) is 4.29. The summed E-state index contributed by atoms with van der Waals surface area (Å²) < 4.78 is 15.2. The molecule has 20 heavy (non-hydrogen) atoms. The van der Waals surface area contributed by atoms with Gasteiger partial charge in [0.1, 0.15) is 12.8 Å². The van der Waals surface area contributed by atoms with Gasteiger partial charge < -0.3 is 19.5 Å². The minimum Gasteiger partial charge on any atom is -0.445 e. The summed E-state index contributed by atoms with van der Waals surface area (Å²) in [6.45, 7) is 2.40. The van der Waals surface area contributed by atoms with Crippen molar-refractivity contribution in [1.29, 1.82) is 0 Å². The minimum atomic E-state index is -0.484. The Labute approximate surface area is 119 Å². The summed E-state index contributed by atoms with van der Waals surface area (Å²) in [5.74, 6) is 0. The van der Waals surface area contributed by atoms with Crippen LogP contribution < -0.4 is 10.6 Å². The highest BCUT2D eigenvalue weighted by Crippen LogP contribution is 2.01. The molecule has 2 unspecified atom stereocenters. The van der Waals surface area contributed by atoms with Crippen molar-refractivity contribution in [2.24, 2.45) is 0 Å². The van der Waals surface area contributed by atoms with Crippen LogP contribution in [0.5, 0.6) is 0 Å². The Kier molecular flexibility index (Phi) is 7.64. The van der Waals surface area contributed by atoms with E-state index in [0.717, 1.165) is 5.56 Å². The molecule has 0 bridgehead atoms. The van der Waals surface area contributed by atoms with Gasteiger partial charge in [0.15, 0.2) is 0 Å². The lowest BCUT2D eigenvalue weighted by atomic mass is 10.2. The van der Waals surface area contributed by atoms with E-state index in [4.69, 9.17) is 14.2 Å². The SMILES string of the molecule is COCNC(OC)C(C)NC(=O)OCc1ccccc1. The van der Waals surface area contributed by atoms with Crippen LogP contribution in [0.3, 0.4) is 0 Å². The molecule has 0 aliphatic heterocycles. The zero-order chi connectivity index (χ0) is 14.8. The van der Waals surface area contributed by atoms with Crippen molar-refractivity contribution in [2.75, 3.05) is 21.0 Å². The van der Waals surface area contributed by atoms with Gasteiger partial charge in [-0.25, -0.2) is 4.79 Å². The van der Waals surface area contributed by atoms with Crippen molar-refractivity contribution in [3.63, 3.8) is 0 Å². The van der Waals surface area contributed by atoms with Crippen molar-refractivity contribution >= 4 is 6.09 Å². The highest BCUT2D eigenvalue weighted by atomic mass is 16.5. The van der Waals surface area contributed by atoms with Crippen molar-refractivity contribution in [3.05, 3.63) is 35.9 Å². The Bertz CT molecular complexity index is 386. The van der Waals surface area contributed by atoms with Gasteiger partial charge in [-0.2, -0.15) is 0 Å². The number of nitrogens with one attached hydrogen (secondary N) is 2. The Hall–Kier alpha value is -1.63. The molecule has 1 rings (SSSR count). The first-order valence-corrected chi connectivity index (χ1v) is 6.39. The summed E-state index contributed by atoms with van der Waals surface area (Å²) in [4.78, 5) is 11.7. The van der Waals surface area contributed by atoms with Gasteiger partial charge in [-0.15, -0.1) is 0 Å². The second kappa shape index (κ2) is 9.30. The van der Waals surface area contributed by atoms with Gasteiger partial charge in [-0.1, -0.05) is 30.3 Å². The van der Waals surface area contributed by atoms with E-state index in [0.29, 0.717) is 6.73 Å². The van der Waals surface area contributed by atoms with E-state index in [2.05, 4.69) is 10.6 Å². The molecule has 0 saturated carbocycles. The Morgan fingerprint density at radius 1 is 1.25 bits per heavy atom. The number of ether oxygens (including phenoxy) is 3. The van der Waals surface area contributed by atoms with Gasteiger partial charge in [0.2, 0.25) is 0 Å². The highest BCUT2D eigenvalue weighted by Gasteiger charge is 2.18. The van der Waals surface area contributed by atoms with E-state index in [9.17, 15) is 4.79 Å². The van der Waals surface area contributed by atoms with Gasteiger partial charge in [0, 0.05) is 14.2 Å². The van der Waals surface area contributed by atoms with Crippen molar-refractivity contribution in [1.82, 2.24) is 10.6 Å². The molecular weight excluding hydrogens is 260 g/mol. The Balaban J connectivity index is 2.33. The molecule has 2 atom stereocenters. The van der Waals surface area contributed by atoms with Gasteiger partial charge in [-0.3, -0.25) is 5.32 Å². The summed E-state index contributed by atoms with van der Waals surface area (Å²) in [6, 6.07) is 9.25. The molecule has 1 aromatic carbocycles. The number of carbonyl (C=O) groups excluding carboxylic acids is 1. The average Bonchev–Trinajstić information content (AvgIpc) is 2.47. The predicted octanol–water partition coefficient (Wildman–Crippen LogP) is 1.47. The molecule has 0 spiro atoms. The van der Waals surface area contributed by atoms with Crippen LogP contribution in [-0.2, 0) is 20.8 Å². The normalized spacial score (nSPS) is 13.6. The molecule has 6 heteroatoms. The standard InChI is InChI=1S/C14H22N2O4/c1-11(13(19-3)15-10-18-2)16-14(17)20-9-12-7-5-4-6-8-12/h4-8,11,13,15H,9-10H2,1-3H3,(H,16,17). The summed E-state index contributed by atoms with van der Waals surface area (Å²) in [7, 11) is 3.13. The van der Waals surface area contributed by atoms with Crippen LogP contribution in [0, 0.1) is 0 Å².